The minimum Gasteiger partial charge on any atom is -0.480 e. The number of aromatic amines is 2. The third-order valence-corrected chi connectivity index (χ3v) is 2.81. The van der Waals surface area contributed by atoms with Crippen molar-refractivity contribution in [3.05, 3.63) is 32.1 Å². The van der Waals surface area contributed by atoms with Gasteiger partial charge < -0.3 is 15.4 Å². The molecule has 0 aliphatic rings. The van der Waals surface area contributed by atoms with Crippen LogP contribution in [0.25, 0.3) is 0 Å². The number of carbonyl (C=O) groups is 2. The summed E-state index contributed by atoms with van der Waals surface area (Å²) in [5, 5.41) is 11.1. The fourth-order valence-electron chi connectivity index (χ4n) is 1.75. The smallest absolute Gasteiger partial charge is 0.327 e. The second-order valence-corrected chi connectivity index (χ2v) is 4.38. The minimum absolute atomic E-state index is 0.0756. The van der Waals surface area contributed by atoms with E-state index in [4.69, 9.17) is 11.5 Å². The summed E-state index contributed by atoms with van der Waals surface area (Å²) in [5.41, 5.74) is -0.545. The number of aliphatic carboxylic acids is 1. The predicted molar refractivity (Wildman–Crippen MR) is 73.8 cm³/mol. The first-order chi connectivity index (χ1) is 9.85. The molecule has 1 atom stereocenters. The number of hydrogen-bond donors (Lipinski definition) is 4. The zero-order valence-electron chi connectivity index (χ0n) is 11.4. The molecule has 0 aliphatic heterocycles. The summed E-state index contributed by atoms with van der Waals surface area (Å²) in [6, 6.07) is -1.16. The quantitative estimate of drug-likeness (QED) is 0.494. The van der Waals surface area contributed by atoms with Gasteiger partial charge in [-0.3, -0.25) is 14.6 Å². The summed E-state index contributed by atoms with van der Waals surface area (Å²) < 4.78 is 0. The number of terminal acetylenes is 1. The van der Waals surface area contributed by atoms with E-state index in [0.29, 0.717) is 5.69 Å². The Kier molecular flexibility index (Phi) is 5.48. The molecule has 0 saturated heterocycles. The Morgan fingerprint density at radius 2 is 2.05 bits per heavy atom. The standard InChI is InChI=1S/C13H15N3O5/c1-3-4-9(12(19)20)15-10(17)6-5-8-7(2)14-13(21)16-11(8)18/h1,9H,4-6H2,2H3,(H,15,17)(H,19,20)(H2,14,16,18,21). The molecule has 8 nitrogen and oxygen atoms in total. The van der Waals surface area contributed by atoms with Gasteiger partial charge in [0, 0.05) is 24.1 Å². The van der Waals surface area contributed by atoms with Crippen molar-refractivity contribution in [1.29, 1.82) is 0 Å². The molecule has 0 radical (unpaired) electrons. The molecule has 1 unspecified atom stereocenters. The van der Waals surface area contributed by atoms with Gasteiger partial charge in [-0.1, -0.05) is 0 Å². The molecule has 0 spiro atoms. The number of rotatable bonds is 6. The zero-order chi connectivity index (χ0) is 16.0. The van der Waals surface area contributed by atoms with Gasteiger partial charge >= 0.3 is 11.7 Å². The molecule has 0 saturated carbocycles. The van der Waals surface area contributed by atoms with Crippen LogP contribution in [0, 0.1) is 19.3 Å². The summed E-state index contributed by atoms with van der Waals surface area (Å²) in [4.78, 5) is 49.6. The monoisotopic (exact) mass is 293 g/mol. The molecule has 4 N–H and O–H groups in total. The van der Waals surface area contributed by atoms with Crippen LogP contribution in [0.3, 0.4) is 0 Å². The Labute approximate surface area is 119 Å². The van der Waals surface area contributed by atoms with Crippen molar-refractivity contribution in [3.63, 3.8) is 0 Å². The summed E-state index contributed by atoms with van der Waals surface area (Å²) in [5.74, 6) is 0.400. The molecule has 0 bridgehead atoms. The lowest BCUT2D eigenvalue weighted by atomic mass is 10.1. The summed E-state index contributed by atoms with van der Waals surface area (Å²) >= 11 is 0. The molecule has 1 aromatic rings. The van der Waals surface area contributed by atoms with Crippen LogP contribution in [0.1, 0.15) is 24.1 Å². The fourth-order valence-corrected chi connectivity index (χ4v) is 1.75. The van der Waals surface area contributed by atoms with Crippen LogP contribution in [-0.4, -0.2) is 33.0 Å². The summed E-state index contributed by atoms with van der Waals surface area (Å²) in [7, 11) is 0. The van der Waals surface area contributed by atoms with Gasteiger partial charge in [0.2, 0.25) is 5.91 Å². The van der Waals surface area contributed by atoms with Gasteiger partial charge in [-0.25, -0.2) is 9.59 Å². The lowest BCUT2D eigenvalue weighted by Crippen LogP contribution is -2.40. The number of carboxylic acid groups (broad SMARTS) is 1. The minimum atomic E-state index is -1.22. The van der Waals surface area contributed by atoms with Crippen LogP contribution >= 0.6 is 0 Å². The Balaban J connectivity index is 2.70. The largest absolute Gasteiger partial charge is 0.480 e. The molecule has 112 valence electrons. The van der Waals surface area contributed by atoms with Crippen LogP contribution in [0.2, 0.25) is 0 Å². The van der Waals surface area contributed by atoms with Gasteiger partial charge in [-0.2, -0.15) is 0 Å². The highest BCUT2D eigenvalue weighted by Crippen LogP contribution is 2.01. The Morgan fingerprint density at radius 1 is 1.38 bits per heavy atom. The number of H-pyrrole nitrogens is 2. The van der Waals surface area contributed by atoms with Gasteiger partial charge in [0.1, 0.15) is 6.04 Å². The molecular formula is C13H15N3O5. The lowest BCUT2D eigenvalue weighted by Gasteiger charge is -2.11. The SMILES string of the molecule is C#CCC(NC(=O)CCc1c(C)[nH]c(=O)[nH]c1=O)C(=O)O. The van der Waals surface area contributed by atoms with Gasteiger partial charge in [-0.15, -0.1) is 12.3 Å². The van der Waals surface area contributed by atoms with E-state index >= 15 is 0 Å². The van der Waals surface area contributed by atoms with Crippen LogP contribution in [-0.2, 0) is 16.0 Å². The maximum atomic E-state index is 11.7. The number of carbonyl (C=O) groups excluding carboxylic acids is 1. The van der Waals surface area contributed by atoms with E-state index in [9.17, 15) is 19.2 Å². The first-order valence-corrected chi connectivity index (χ1v) is 6.13. The first kappa shape index (κ1) is 16.2. The number of hydrogen-bond acceptors (Lipinski definition) is 4. The maximum Gasteiger partial charge on any atom is 0.327 e. The third kappa shape index (κ3) is 4.65. The van der Waals surface area contributed by atoms with E-state index in [1.807, 2.05) is 0 Å². The second-order valence-electron chi connectivity index (χ2n) is 4.38. The number of aryl methyl sites for hydroxylation is 1. The van der Waals surface area contributed by atoms with Crippen LogP contribution in [0.5, 0.6) is 0 Å². The number of amides is 1. The van der Waals surface area contributed by atoms with E-state index in [1.165, 1.54) is 0 Å². The first-order valence-electron chi connectivity index (χ1n) is 6.13. The average Bonchev–Trinajstić information content (AvgIpc) is 2.36. The summed E-state index contributed by atoms with van der Waals surface area (Å²) in [6.07, 6.45) is 4.87. The van der Waals surface area contributed by atoms with Crippen LogP contribution < -0.4 is 16.6 Å². The molecular weight excluding hydrogens is 278 g/mol. The molecule has 0 aromatic carbocycles. The average molecular weight is 293 g/mol. The second kappa shape index (κ2) is 7.09. The molecule has 1 aromatic heterocycles. The normalized spacial score (nSPS) is 11.4. The van der Waals surface area contributed by atoms with E-state index in [0.717, 1.165) is 0 Å². The predicted octanol–water partition coefficient (Wildman–Crippen LogP) is -1.10. The van der Waals surface area contributed by atoms with E-state index < -0.39 is 29.2 Å². The highest BCUT2D eigenvalue weighted by atomic mass is 16.4. The number of aromatic nitrogens is 2. The van der Waals surface area contributed by atoms with Crippen molar-refractivity contribution in [1.82, 2.24) is 15.3 Å². The number of carboxylic acids is 1. The third-order valence-electron chi connectivity index (χ3n) is 2.81. The van der Waals surface area contributed by atoms with E-state index in [1.54, 1.807) is 6.92 Å². The highest BCUT2D eigenvalue weighted by Gasteiger charge is 2.19. The van der Waals surface area contributed by atoms with Crippen molar-refractivity contribution < 1.29 is 14.7 Å². The highest BCUT2D eigenvalue weighted by molar-refractivity contribution is 5.83. The molecule has 0 aliphatic carbocycles. The molecule has 1 amide bonds. The number of nitrogens with one attached hydrogen (secondary N) is 3. The molecule has 1 heterocycles. The Bertz CT molecular complexity index is 695. The van der Waals surface area contributed by atoms with Gasteiger partial charge in [0.05, 0.1) is 0 Å². The van der Waals surface area contributed by atoms with E-state index in [-0.39, 0.29) is 24.8 Å². The zero-order valence-corrected chi connectivity index (χ0v) is 11.4. The topological polar surface area (TPSA) is 132 Å². The van der Waals surface area contributed by atoms with Gasteiger partial charge in [0.15, 0.2) is 0 Å². The van der Waals surface area contributed by atoms with Crippen molar-refractivity contribution in [2.45, 2.75) is 32.2 Å². The molecule has 0 fully saturated rings. The molecule has 1 rings (SSSR count). The lowest BCUT2D eigenvalue weighted by molar-refractivity contribution is -0.141. The van der Waals surface area contributed by atoms with Crippen LogP contribution in [0.15, 0.2) is 9.59 Å². The van der Waals surface area contributed by atoms with Crippen molar-refractivity contribution >= 4 is 11.9 Å². The van der Waals surface area contributed by atoms with Crippen LogP contribution in [0.4, 0.5) is 0 Å². The Morgan fingerprint density at radius 3 is 2.57 bits per heavy atom. The fraction of sp³-hybridized carbons (Fsp3) is 0.385. The maximum absolute atomic E-state index is 11.7. The van der Waals surface area contributed by atoms with Crippen molar-refractivity contribution in [2.24, 2.45) is 0 Å². The van der Waals surface area contributed by atoms with Gasteiger partial charge in [0.25, 0.3) is 5.56 Å². The van der Waals surface area contributed by atoms with Crippen molar-refractivity contribution in [2.75, 3.05) is 0 Å². The van der Waals surface area contributed by atoms with E-state index in [2.05, 4.69) is 21.2 Å². The van der Waals surface area contributed by atoms with Gasteiger partial charge in [-0.05, 0) is 13.3 Å². The summed E-state index contributed by atoms with van der Waals surface area (Å²) in [6.45, 7) is 1.54. The molecule has 8 heteroatoms. The molecule has 21 heavy (non-hydrogen) atoms. The van der Waals surface area contributed by atoms with Crippen molar-refractivity contribution in [3.8, 4) is 12.3 Å². The Hall–Kier alpha value is -2.82.